The number of nitrogens with zero attached hydrogens (tertiary/aromatic N) is 3. The number of likely N-dealkylation sites (tertiary alicyclic amines) is 1. The zero-order chi connectivity index (χ0) is 15.6. The van der Waals surface area contributed by atoms with Crippen molar-refractivity contribution in [2.75, 3.05) is 32.7 Å². The SMILES string of the molecule is CC1CCCN(CCCN=C(N)NCCc2ccccn2)C1.I. The van der Waals surface area contributed by atoms with Crippen LogP contribution in [0.4, 0.5) is 0 Å². The van der Waals surface area contributed by atoms with Gasteiger partial charge in [0, 0.05) is 37.9 Å². The monoisotopic (exact) mass is 431 g/mol. The van der Waals surface area contributed by atoms with Gasteiger partial charge < -0.3 is 16.0 Å². The van der Waals surface area contributed by atoms with E-state index >= 15 is 0 Å². The highest BCUT2D eigenvalue weighted by Gasteiger charge is 2.15. The molecule has 6 heteroatoms. The summed E-state index contributed by atoms with van der Waals surface area (Å²) in [6.45, 7) is 7.53. The molecule has 1 saturated heterocycles. The van der Waals surface area contributed by atoms with Crippen molar-refractivity contribution in [1.29, 1.82) is 0 Å². The van der Waals surface area contributed by atoms with Gasteiger partial charge in [0.1, 0.15) is 0 Å². The number of hydrogen-bond acceptors (Lipinski definition) is 3. The molecule has 5 nitrogen and oxygen atoms in total. The Morgan fingerprint density at radius 1 is 1.48 bits per heavy atom. The van der Waals surface area contributed by atoms with E-state index in [4.69, 9.17) is 5.73 Å². The molecule has 23 heavy (non-hydrogen) atoms. The second-order valence-corrected chi connectivity index (χ2v) is 6.17. The largest absolute Gasteiger partial charge is 0.370 e. The molecule has 1 aromatic heterocycles. The van der Waals surface area contributed by atoms with Gasteiger partial charge in [0.25, 0.3) is 0 Å². The zero-order valence-corrected chi connectivity index (χ0v) is 16.4. The molecule has 1 atom stereocenters. The van der Waals surface area contributed by atoms with Crippen LogP contribution >= 0.6 is 24.0 Å². The van der Waals surface area contributed by atoms with E-state index in [1.54, 1.807) is 0 Å². The van der Waals surface area contributed by atoms with E-state index in [-0.39, 0.29) is 24.0 Å². The number of halogens is 1. The highest BCUT2D eigenvalue weighted by Crippen LogP contribution is 2.15. The fraction of sp³-hybridized carbons (Fsp3) is 0.647. The summed E-state index contributed by atoms with van der Waals surface area (Å²) in [6, 6.07) is 5.95. The standard InChI is InChI=1S/C17H29N5.HI/c1-15-6-4-12-22(14-15)13-5-10-20-17(18)21-11-8-16-7-2-3-9-19-16;/h2-3,7,9,15H,4-6,8,10-14H2,1H3,(H3,18,20,21);1H. The van der Waals surface area contributed by atoms with Crippen LogP contribution in [0.1, 0.15) is 31.9 Å². The van der Waals surface area contributed by atoms with Crippen LogP contribution in [0.25, 0.3) is 0 Å². The Bertz CT molecular complexity index is 452. The van der Waals surface area contributed by atoms with Crippen molar-refractivity contribution < 1.29 is 0 Å². The summed E-state index contributed by atoms with van der Waals surface area (Å²) >= 11 is 0. The number of nitrogens with one attached hydrogen (secondary N) is 1. The summed E-state index contributed by atoms with van der Waals surface area (Å²) in [6.07, 6.45) is 6.47. The third-order valence-electron chi connectivity index (χ3n) is 4.07. The van der Waals surface area contributed by atoms with Gasteiger partial charge in [-0.3, -0.25) is 9.98 Å². The van der Waals surface area contributed by atoms with Crippen LogP contribution in [0, 0.1) is 5.92 Å². The van der Waals surface area contributed by atoms with E-state index in [1.165, 1.54) is 25.9 Å². The van der Waals surface area contributed by atoms with Gasteiger partial charge in [-0.05, 0) is 50.4 Å². The Morgan fingerprint density at radius 3 is 3.09 bits per heavy atom. The summed E-state index contributed by atoms with van der Waals surface area (Å²) in [5.74, 6) is 1.39. The topological polar surface area (TPSA) is 66.5 Å². The lowest BCUT2D eigenvalue weighted by Gasteiger charge is -2.30. The number of hydrogen-bond donors (Lipinski definition) is 2. The molecular weight excluding hydrogens is 401 g/mol. The lowest BCUT2D eigenvalue weighted by Crippen LogP contribution is -2.36. The average Bonchev–Trinajstić information content (AvgIpc) is 2.53. The highest BCUT2D eigenvalue weighted by atomic mass is 127. The van der Waals surface area contributed by atoms with Gasteiger partial charge >= 0.3 is 0 Å². The van der Waals surface area contributed by atoms with Crippen molar-refractivity contribution in [2.24, 2.45) is 16.6 Å². The molecule has 2 rings (SSSR count). The van der Waals surface area contributed by atoms with Gasteiger partial charge in [0.2, 0.25) is 0 Å². The van der Waals surface area contributed by atoms with E-state index < -0.39 is 0 Å². The summed E-state index contributed by atoms with van der Waals surface area (Å²) in [5.41, 5.74) is 6.96. The van der Waals surface area contributed by atoms with Crippen molar-refractivity contribution >= 4 is 29.9 Å². The third-order valence-corrected chi connectivity index (χ3v) is 4.07. The number of nitrogens with two attached hydrogens (primary N) is 1. The first-order valence-electron chi connectivity index (χ1n) is 8.40. The van der Waals surface area contributed by atoms with Gasteiger partial charge in [-0.1, -0.05) is 13.0 Å². The van der Waals surface area contributed by atoms with Crippen LogP contribution in [-0.4, -0.2) is 48.6 Å². The Morgan fingerprint density at radius 2 is 2.35 bits per heavy atom. The minimum Gasteiger partial charge on any atom is -0.370 e. The van der Waals surface area contributed by atoms with E-state index in [0.29, 0.717) is 5.96 Å². The van der Waals surface area contributed by atoms with E-state index in [0.717, 1.165) is 44.1 Å². The molecule has 3 N–H and O–H groups in total. The Kier molecular flexibility index (Phi) is 10.2. The lowest BCUT2D eigenvalue weighted by molar-refractivity contribution is 0.183. The first kappa shape index (κ1) is 20.2. The highest BCUT2D eigenvalue weighted by molar-refractivity contribution is 14.0. The Hall–Kier alpha value is -0.890. The molecule has 130 valence electrons. The molecule has 1 aliphatic rings. The van der Waals surface area contributed by atoms with Crippen molar-refractivity contribution in [3.05, 3.63) is 30.1 Å². The summed E-state index contributed by atoms with van der Waals surface area (Å²) in [7, 11) is 0. The van der Waals surface area contributed by atoms with Crippen LogP contribution in [0.2, 0.25) is 0 Å². The molecule has 1 aromatic rings. The molecule has 1 aliphatic heterocycles. The first-order chi connectivity index (χ1) is 10.7. The molecule has 0 aliphatic carbocycles. The molecule has 1 fully saturated rings. The van der Waals surface area contributed by atoms with E-state index in [9.17, 15) is 0 Å². The molecule has 0 saturated carbocycles. The summed E-state index contributed by atoms with van der Waals surface area (Å²) in [4.78, 5) is 11.2. The normalized spacial score (nSPS) is 19.2. The molecule has 1 unspecified atom stereocenters. The first-order valence-corrected chi connectivity index (χ1v) is 8.40. The zero-order valence-electron chi connectivity index (χ0n) is 14.1. The number of pyridine rings is 1. The van der Waals surface area contributed by atoms with Crippen LogP contribution < -0.4 is 11.1 Å². The summed E-state index contributed by atoms with van der Waals surface area (Å²) < 4.78 is 0. The number of piperidine rings is 1. The predicted molar refractivity (Wildman–Crippen MR) is 107 cm³/mol. The average molecular weight is 431 g/mol. The predicted octanol–water partition coefficient (Wildman–Crippen LogP) is 2.27. The van der Waals surface area contributed by atoms with Gasteiger partial charge in [0.15, 0.2) is 5.96 Å². The van der Waals surface area contributed by atoms with Gasteiger partial charge in [-0.2, -0.15) is 0 Å². The third kappa shape index (κ3) is 8.50. The maximum atomic E-state index is 5.88. The Balaban J connectivity index is 0.00000264. The van der Waals surface area contributed by atoms with E-state index in [1.807, 2.05) is 24.4 Å². The minimum absolute atomic E-state index is 0. The molecule has 0 bridgehead atoms. The molecular formula is C17H30IN5. The van der Waals surface area contributed by atoms with Crippen LogP contribution in [0.15, 0.2) is 29.4 Å². The quantitative estimate of drug-likeness (QED) is 0.301. The van der Waals surface area contributed by atoms with Crippen LogP contribution in [0.3, 0.4) is 0 Å². The second-order valence-electron chi connectivity index (χ2n) is 6.17. The van der Waals surface area contributed by atoms with Crippen molar-refractivity contribution in [2.45, 2.75) is 32.6 Å². The summed E-state index contributed by atoms with van der Waals surface area (Å²) in [5, 5.41) is 3.15. The fourth-order valence-corrected chi connectivity index (χ4v) is 2.90. The number of rotatable bonds is 7. The number of guanidine groups is 1. The smallest absolute Gasteiger partial charge is 0.188 e. The van der Waals surface area contributed by atoms with Crippen molar-refractivity contribution in [3.63, 3.8) is 0 Å². The maximum Gasteiger partial charge on any atom is 0.188 e. The molecule has 0 spiro atoms. The van der Waals surface area contributed by atoms with Crippen LogP contribution in [0.5, 0.6) is 0 Å². The lowest BCUT2D eigenvalue weighted by atomic mass is 10.0. The van der Waals surface area contributed by atoms with Gasteiger partial charge in [0.05, 0.1) is 0 Å². The fourth-order valence-electron chi connectivity index (χ4n) is 2.90. The molecule has 0 radical (unpaired) electrons. The van der Waals surface area contributed by atoms with E-state index in [2.05, 4.69) is 27.1 Å². The van der Waals surface area contributed by atoms with Crippen molar-refractivity contribution in [3.8, 4) is 0 Å². The number of aromatic nitrogens is 1. The van der Waals surface area contributed by atoms with Crippen molar-refractivity contribution in [1.82, 2.24) is 15.2 Å². The van der Waals surface area contributed by atoms with Gasteiger partial charge in [-0.25, -0.2) is 0 Å². The van der Waals surface area contributed by atoms with Gasteiger partial charge in [-0.15, -0.1) is 24.0 Å². The molecule has 2 heterocycles. The maximum absolute atomic E-state index is 5.88. The second kappa shape index (κ2) is 11.6. The Labute approximate surface area is 157 Å². The molecule has 0 amide bonds. The minimum atomic E-state index is 0. The van der Waals surface area contributed by atoms with Crippen LogP contribution in [-0.2, 0) is 6.42 Å². The molecule has 0 aromatic carbocycles. The number of aliphatic imine (C=N–C) groups is 1.